The van der Waals surface area contributed by atoms with Gasteiger partial charge in [0.1, 0.15) is 5.54 Å². The van der Waals surface area contributed by atoms with Crippen LogP contribution in [0, 0.1) is 5.41 Å². The molecule has 0 bridgehead atoms. The molecular weight excluding hydrogens is 298 g/mol. The first-order valence-corrected chi connectivity index (χ1v) is 7.82. The number of hydrogen-bond acceptors (Lipinski definition) is 5. The highest BCUT2D eigenvalue weighted by Crippen LogP contribution is 2.41. The third-order valence-corrected chi connectivity index (χ3v) is 4.22. The van der Waals surface area contributed by atoms with Gasteiger partial charge in [-0.25, -0.2) is 4.79 Å². The summed E-state index contributed by atoms with van der Waals surface area (Å²) in [4.78, 5) is 25.6. The molecule has 1 saturated carbocycles. The fraction of sp³-hybridized carbons (Fsp3) is 0.800. The quantitative estimate of drug-likeness (QED) is 0.874. The van der Waals surface area contributed by atoms with Crippen molar-refractivity contribution in [3.8, 4) is 0 Å². The van der Waals surface area contributed by atoms with Crippen molar-refractivity contribution in [2.24, 2.45) is 5.41 Å². The van der Waals surface area contributed by atoms with Crippen molar-refractivity contribution in [2.75, 3.05) is 0 Å². The first-order valence-electron chi connectivity index (χ1n) is 7.82. The third kappa shape index (κ3) is 3.68. The SMILES string of the molecule is CC1(C)CCCC(NC(=O)c2nnn(C(C)(C)C)n2)(C(=O)O)C1. The van der Waals surface area contributed by atoms with E-state index >= 15 is 0 Å². The normalized spacial score (nSPS) is 24.2. The van der Waals surface area contributed by atoms with Gasteiger partial charge in [0, 0.05) is 0 Å². The number of aromatic nitrogens is 4. The lowest BCUT2D eigenvalue weighted by Crippen LogP contribution is -2.58. The van der Waals surface area contributed by atoms with E-state index in [0.29, 0.717) is 12.8 Å². The second-order valence-electron chi connectivity index (χ2n) is 8.11. The van der Waals surface area contributed by atoms with E-state index in [4.69, 9.17) is 0 Å². The van der Waals surface area contributed by atoms with Gasteiger partial charge < -0.3 is 10.4 Å². The van der Waals surface area contributed by atoms with Gasteiger partial charge in [0.25, 0.3) is 11.7 Å². The van der Waals surface area contributed by atoms with Crippen molar-refractivity contribution in [1.29, 1.82) is 0 Å². The topological polar surface area (TPSA) is 110 Å². The lowest BCUT2D eigenvalue weighted by Gasteiger charge is -2.42. The van der Waals surface area contributed by atoms with Crippen LogP contribution in [0.15, 0.2) is 0 Å². The summed E-state index contributed by atoms with van der Waals surface area (Å²) in [6, 6.07) is 0. The average Bonchev–Trinajstić information content (AvgIpc) is 2.86. The van der Waals surface area contributed by atoms with E-state index in [1.54, 1.807) is 0 Å². The Morgan fingerprint density at radius 3 is 2.39 bits per heavy atom. The number of nitrogens with one attached hydrogen (secondary N) is 1. The molecule has 2 rings (SSSR count). The summed E-state index contributed by atoms with van der Waals surface area (Å²) < 4.78 is 0. The Balaban J connectivity index is 2.22. The summed E-state index contributed by atoms with van der Waals surface area (Å²) in [5.41, 5.74) is -1.81. The van der Waals surface area contributed by atoms with Crippen molar-refractivity contribution in [1.82, 2.24) is 25.5 Å². The second kappa shape index (κ2) is 5.58. The van der Waals surface area contributed by atoms with E-state index in [1.807, 2.05) is 34.6 Å². The number of carbonyl (C=O) groups excluding carboxylic acids is 1. The number of carbonyl (C=O) groups is 2. The molecule has 1 heterocycles. The second-order valence-corrected chi connectivity index (χ2v) is 8.11. The zero-order chi connectivity index (χ0) is 17.5. The van der Waals surface area contributed by atoms with Crippen molar-refractivity contribution in [3.63, 3.8) is 0 Å². The van der Waals surface area contributed by atoms with Crippen LogP contribution < -0.4 is 5.32 Å². The highest BCUT2D eigenvalue weighted by molar-refractivity contribution is 5.95. The molecular formula is C15H25N5O3. The lowest BCUT2D eigenvalue weighted by molar-refractivity contribution is -0.147. The van der Waals surface area contributed by atoms with Gasteiger partial charge in [0.15, 0.2) is 0 Å². The summed E-state index contributed by atoms with van der Waals surface area (Å²) in [6.45, 7) is 9.70. The maximum atomic E-state index is 12.4. The Labute approximate surface area is 135 Å². The summed E-state index contributed by atoms with van der Waals surface area (Å²) in [7, 11) is 0. The van der Waals surface area contributed by atoms with Gasteiger partial charge in [-0.1, -0.05) is 13.8 Å². The highest BCUT2D eigenvalue weighted by Gasteiger charge is 2.47. The van der Waals surface area contributed by atoms with Crippen molar-refractivity contribution in [2.45, 2.75) is 71.4 Å². The van der Waals surface area contributed by atoms with Gasteiger partial charge in [-0.05, 0) is 57.1 Å². The standard InChI is InChI=1S/C15H25N5O3/c1-13(2,3)20-18-10(17-19-20)11(21)16-15(12(22)23)8-6-7-14(4,5)9-15/h6-9H2,1-5H3,(H,16,21)(H,22,23). The van der Waals surface area contributed by atoms with Gasteiger partial charge in [-0.3, -0.25) is 4.79 Å². The largest absolute Gasteiger partial charge is 0.480 e. The molecule has 1 fully saturated rings. The van der Waals surface area contributed by atoms with Crippen molar-refractivity contribution < 1.29 is 14.7 Å². The van der Waals surface area contributed by atoms with E-state index < -0.39 is 23.0 Å². The Hall–Kier alpha value is -1.99. The van der Waals surface area contributed by atoms with Crippen LogP contribution in [0.2, 0.25) is 0 Å². The first kappa shape index (κ1) is 17.4. The molecule has 0 aromatic carbocycles. The molecule has 1 aliphatic carbocycles. The van der Waals surface area contributed by atoms with Crippen LogP contribution in [0.1, 0.15) is 70.9 Å². The zero-order valence-corrected chi connectivity index (χ0v) is 14.4. The molecule has 0 radical (unpaired) electrons. The Bertz CT molecular complexity index is 617. The molecule has 0 spiro atoms. The van der Waals surface area contributed by atoms with Gasteiger partial charge in [0.05, 0.1) is 5.54 Å². The molecule has 8 nitrogen and oxygen atoms in total. The predicted octanol–water partition coefficient (Wildman–Crippen LogP) is 1.58. The van der Waals surface area contributed by atoms with Gasteiger partial charge in [-0.2, -0.15) is 4.80 Å². The van der Waals surface area contributed by atoms with E-state index in [1.165, 1.54) is 4.80 Å². The predicted molar refractivity (Wildman–Crippen MR) is 82.9 cm³/mol. The summed E-state index contributed by atoms with van der Waals surface area (Å²) in [5.74, 6) is -1.72. The van der Waals surface area contributed by atoms with Crippen LogP contribution in [0.3, 0.4) is 0 Å². The van der Waals surface area contributed by atoms with E-state index in [-0.39, 0.29) is 11.2 Å². The monoisotopic (exact) mass is 323 g/mol. The van der Waals surface area contributed by atoms with E-state index in [9.17, 15) is 14.7 Å². The molecule has 1 aromatic rings. The highest BCUT2D eigenvalue weighted by atomic mass is 16.4. The Morgan fingerprint density at radius 2 is 1.91 bits per heavy atom. The Morgan fingerprint density at radius 1 is 1.26 bits per heavy atom. The van der Waals surface area contributed by atoms with Gasteiger partial charge in [-0.15, -0.1) is 10.2 Å². The summed E-state index contributed by atoms with van der Waals surface area (Å²) in [5, 5.41) is 24.0. The molecule has 128 valence electrons. The molecule has 0 aliphatic heterocycles. The van der Waals surface area contributed by atoms with Crippen LogP contribution in [0.5, 0.6) is 0 Å². The number of amides is 1. The minimum absolute atomic E-state index is 0.107. The van der Waals surface area contributed by atoms with Gasteiger partial charge in [0.2, 0.25) is 0 Å². The minimum atomic E-state index is -1.27. The molecule has 2 N–H and O–H groups in total. The summed E-state index contributed by atoms with van der Waals surface area (Å²) >= 11 is 0. The molecule has 1 amide bonds. The van der Waals surface area contributed by atoms with Gasteiger partial charge >= 0.3 is 5.97 Å². The third-order valence-electron chi connectivity index (χ3n) is 4.22. The molecule has 1 unspecified atom stereocenters. The maximum Gasteiger partial charge on any atom is 0.329 e. The van der Waals surface area contributed by atoms with Crippen LogP contribution in [0.4, 0.5) is 0 Å². The van der Waals surface area contributed by atoms with Crippen LogP contribution >= 0.6 is 0 Å². The number of hydrogen-bond donors (Lipinski definition) is 2. The average molecular weight is 323 g/mol. The van der Waals surface area contributed by atoms with Crippen molar-refractivity contribution >= 4 is 11.9 Å². The number of nitrogens with zero attached hydrogens (tertiary/aromatic N) is 4. The number of carboxylic acid groups (broad SMARTS) is 1. The molecule has 23 heavy (non-hydrogen) atoms. The van der Waals surface area contributed by atoms with E-state index in [0.717, 1.165) is 12.8 Å². The fourth-order valence-electron chi connectivity index (χ4n) is 3.07. The maximum absolute atomic E-state index is 12.4. The van der Waals surface area contributed by atoms with Crippen LogP contribution in [-0.4, -0.2) is 42.7 Å². The number of rotatable bonds is 3. The molecule has 1 atom stereocenters. The van der Waals surface area contributed by atoms with Crippen LogP contribution in [-0.2, 0) is 10.3 Å². The summed E-state index contributed by atoms with van der Waals surface area (Å²) in [6.07, 6.45) is 2.48. The lowest BCUT2D eigenvalue weighted by atomic mass is 9.68. The van der Waals surface area contributed by atoms with Crippen molar-refractivity contribution in [3.05, 3.63) is 5.82 Å². The fourth-order valence-corrected chi connectivity index (χ4v) is 3.07. The minimum Gasteiger partial charge on any atom is -0.480 e. The molecule has 8 heteroatoms. The first-order chi connectivity index (χ1) is 10.5. The molecule has 1 aromatic heterocycles. The number of tetrazole rings is 1. The molecule has 0 saturated heterocycles. The Kier molecular flexibility index (Phi) is 4.21. The van der Waals surface area contributed by atoms with Crippen LogP contribution in [0.25, 0.3) is 0 Å². The smallest absolute Gasteiger partial charge is 0.329 e. The molecule has 1 aliphatic rings. The zero-order valence-electron chi connectivity index (χ0n) is 14.4. The number of aliphatic carboxylic acids is 1. The number of carboxylic acids is 1. The van der Waals surface area contributed by atoms with E-state index in [2.05, 4.69) is 20.7 Å².